The van der Waals surface area contributed by atoms with Gasteiger partial charge in [0.1, 0.15) is 17.9 Å². The molecule has 1 saturated heterocycles. The second kappa shape index (κ2) is 7.92. The fourth-order valence-corrected chi connectivity index (χ4v) is 4.21. The fraction of sp³-hybridized carbons (Fsp3) is 0.200. The summed E-state index contributed by atoms with van der Waals surface area (Å²) < 4.78 is 5.31. The van der Waals surface area contributed by atoms with Crippen LogP contribution in [0.5, 0.6) is 5.75 Å². The van der Waals surface area contributed by atoms with E-state index in [-0.39, 0.29) is 11.9 Å². The lowest BCUT2D eigenvalue weighted by Crippen LogP contribution is -2.31. The van der Waals surface area contributed by atoms with Crippen molar-refractivity contribution in [3.8, 4) is 17.0 Å². The minimum atomic E-state index is -0.237. The molecule has 0 spiro atoms. The number of carbonyl (C=O) groups excluding carboxylic acids is 1. The molecule has 0 radical (unpaired) electrons. The van der Waals surface area contributed by atoms with Crippen molar-refractivity contribution in [1.82, 2.24) is 24.8 Å². The number of methoxy groups -OCH3 is 1. The Kier molecular flexibility index (Phi) is 4.93. The standard InChI is InChI=1S/C25H23N5O2/c1-15-5-4-6-17(9-15)23-19(12-26-14-27-23)25(31)30-13-16(2)10-22(30)24-28-20-8-7-18(32-3)11-21(20)29-24/h4-9,11-12,14,22H,2,10,13H2,1,3H3,(H,28,29). The zero-order valence-electron chi connectivity index (χ0n) is 18.0. The number of hydrogen-bond donors (Lipinski definition) is 1. The molecule has 0 saturated carbocycles. The first-order valence-corrected chi connectivity index (χ1v) is 10.4. The van der Waals surface area contributed by atoms with Crippen molar-refractivity contribution >= 4 is 16.9 Å². The topological polar surface area (TPSA) is 84.0 Å². The number of H-pyrrole nitrogens is 1. The molecule has 7 nitrogen and oxygen atoms in total. The van der Waals surface area contributed by atoms with E-state index in [0.29, 0.717) is 24.2 Å². The molecule has 1 fully saturated rings. The van der Waals surface area contributed by atoms with Crippen LogP contribution >= 0.6 is 0 Å². The van der Waals surface area contributed by atoms with Gasteiger partial charge in [0, 0.05) is 24.4 Å². The van der Waals surface area contributed by atoms with Gasteiger partial charge in [-0.05, 0) is 31.5 Å². The Morgan fingerprint density at radius 2 is 2.12 bits per heavy atom. The Balaban J connectivity index is 1.53. The minimum Gasteiger partial charge on any atom is -0.497 e. The largest absolute Gasteiger partial charge is 0.497 e. The second-order valence-corrected chi connectivity index (χ2v) is 8.06. The molecule has 2 aromatic heterocycles. The Morgan fingerprint density at radius 1 is 1.25 bits per heavy atom. The molecule has 3 heterocycles. The van der Waals surface area contributed by atoms with Gasteiger partial charge in [-0.1, -0.05) is 35.9 Å². The number of nitrogens with zero attached hydrogens (tertiary/aromatic N) is 4. The highest BCUT2D eigenvalue weighted by atomic mass is 16.5. The van der Waals surface area contributed by atoms with Gasteiger partial charge in [-0.15, -0.1) is 0 Å². The van der Waals surface area contributed by atoms with Gasteiger partial charge in [-0.25, -0.2) is 15.0 Å². The van der Waals surface area contributed by atoms with Gasteiger partial charge in [0.25, 0.3) is 5.91 Å². The lowest BCUT2D eigenvalue weighted by Gasteiger charge is -2.23. The zero-order chi connectivity index (χ0) is 22.2. The Morgan fingerprint density at radius 3 is 2.94 bits per heavy atom. The van der Waals surface area contributed by atoms with Crippen molar-refractivity contribution in [3.05, 3.63) is 84.1 Å². The number of aromatic nitrogens is 4. The first kappa shape index (κ1) is 19.9. The molecule has 1 amide bonds. The molecule has 32 heavy (non-hydrogen) atoms. The maximum Gasteiger partial charge on any atom is 0.258 e. The molecule has 1 atom stereocenters. The van der Waals surface area contributed by atoms with Crippen LogP contribution < -0.4 is 4.74 Å². The minimum absolute atomic E-state index is 0.135. The fourth-order valence-electron chi connectivity index (χ4n) is 4.21. The molecule has 160 valence electrons. The van der Waals surface area contributed by atoms with Gasteiger partial charge in [-0.3, -0.25) is 4.79 Å². The summed E-state index contributed by atoms with van der Waals surface area (Å²) in [5, 5.41) is 0. The summed E-state index contributed by atoms with van der Waals surface area (Å²) in [7, 11) is 1.63. The molecule has 1 unspecified atom stereocenters. The summed E-state index contributed by atoms with van der Waals surface area (Å²) >= 11 is 0. The van der Waals surface area contributed by atoms with Crippen molar-refractivity contribution in [2.24, 2.45) is 0 Å². The van der Waals surface area contributed by atoms with E-state index in [1.165, 1.54) is 6.33 Å². The molecule has 0 aliphatic carbocycles. The van der Waals surface area contributed by atoms with Crippen LogP contribution in [0.25, 0.3) is 22.3 Å². The molecule has 1 aliphatic heterocycles. The first-order valence-electron chi connectivity index (χ1n) is 10.4. The number of likely N-dealkylation sites (tertiary alicyclic amines) is 1. The smallest absolute Gasteiger partial charge is 0.258 e. The van der Waals surface area contributed by atoms with Crippen molar-refractivity contribution in [3.63, 3.8) is 0 Å². The summed E-state index contributed by atoms with van der Waals surface area (Å²) in [6, 6.07) is 13.4. The third-order valence-corrected chi connectivity index (χ3v) is 5.77. The van der Waals surface area contributed by atoms with E-state index in [0.717, 1.165) is 39.3 Å². The second-order valence-electron chi connectivity index (χ2n) is 8.06. The zero-order valence-corrected chi connectivity index (χ0v) is 18.0. The molecule has 4 aromatic rings. The van der Waals surface area contributed by atoms with Crippen molar-refractivity contribution < 1.29 is 9.53 Å². The summed E-state index contributed by atoms with van der Waals surface area (Å²) in [5.74, 6) is 1.35. The number of ether oxygens (including phenoxy) is 1. The van der Waals surface area contributed by atoms with Gasteiger partial charge < -0.3 is 14.6 Å². The summed E-state index contributed by atoms with van der Waals surface area (Å²) in [4.78, 5) is 32.2. The number of imidazole rings is 1. The SMILES string of the molecule is C=C1CC(c2nc3ccc(OC)cc3[nH]2)N(C(=O)c2cncnc2-c2cccc(C)c2)C1. The molecule has 1 N–H and O–H groups in total. The van der Waals surface area contributed by atoms with E-state index in [2.05, 4.69) is 21.5 Å². The number of carbonyl (C=O) groups is 1. The number of aryl methyl sites for hydroxylation is 1. The van der Waals surface area contributed by atoms with E-state index < -0.39 is 0 Å². The number of hydrogen-bond acceptors (Lipinski definition) is 5. The number of benzene rings is 2. The van der Waals surface area contributed by atoms with Crippen LogP contribution in [0.1, 0.15) is 34.2 Å². The van der Waals surface area contributed by atoms with Crippen LogP contribution in [0.2, 0.25) is 0 Å². The van der Waals surface area contributed by atoms with Crippen molar-refractivity contribution in [1.29, 1.82) is 0 Å². The summed E-state index contributed by atoms with van der Waals surface area (Å²) in [5.41, 5.74) is 5.76. The maximum absolute atomic E-state index is 13.7. The van der Waals surface area contributed by atoms with Crippen LogP contribution in [0, 0.1) is 6.92 Å². The molecule has 1 aliphatic rings. The molecule has 0 bridgehead atoms. The highest BCUT2D eigenvalue weighted by Crippen LogP contribution is 2.36. The lowest BCUT2D eigenvalue weighted by atomic mass is 10.0. The van der Waals surface area contributed by atoms with Gasteiger partial charge in [0.15, 0.2) is 0 Å². The maximum atomic E-state index is 13.7. The van der Waals surface area contributed by atoms with Crippen LogP contribution in [0.3, 0.4) is 0 Å². The van der Waals surface area contributed by atoms with E-state index in [1.54, 1.807) is 18.2 Å². The average molecular weight is 425 g/mol. The number of aromatic amines is 1. The van der Waals surface area contributed by atoms with E-state index in [9.17, 15) is 4.79 Å². The van der Waals surface area contributed by atoms with Gasteiger partial charge in [-0.2, -0.15) is 0 Å². The van der Waals surface area contributed by atoms with Crippen LogP contribution in [-0.2, 0) is 0 Å². The lowest BCUT2D eigenvalue weighted by molar-refractivity contribution is 0.0733. The Hall–Kier alpha value is -4.00. The molecule has 7 heteroatoms. The number of rotatable bonds is 4. The summed E-state index contributed by atoms with van der Waals surface area (Å²) in [6.45, 7) is 6.62. The van der Waals surface area contributed by atoms with E-state index in [1.807, 2.05) is 49.4 Å². The van der Waals surface area contributed by atoms with E-state index >= 15 is 0 Å². The first-order chi connectivity index (χ1) is 15.5. The normalized spacial score (nSPS) is 16.0. The van der Waals surface area contributed by atoms with E-state index in [4.69, 9.17) is 9.72 Å². The highest BCUT2D eigenvalue weighted by molar-refractivity contribution is 6.00. The average Bonchev–Trinajstić information content (AvgIpc) is 3.41. The van der Waals surface area contributed by atoms with Gasteiger partial charge >= 0.3 is 0 Å². The third-order valence-electron chi connectivity index (χ3n) is 5.77. The quantitative estimate of drug-likeness (QED) is 0.488. The highest BCUT2D eigenvalue weighted by Gasteiger charge is 2.36. The number of fused-ring (bicyclic) bond motifs is 1. The Labute approximate surface area is 185 Å². The summed E-state index contributed by atoms with van der Waals surface area (Å²) in [6.07, 6.45) is 3.71. The predicted molar refractivity (Wildman–Crippen MR) is 122 cm³/mol. The molecular formula is C25H23N5O2. The van der Waals surface area contributed by atoms with Gasteiger partial charge in [0.2, 0.25) is 0 Å². The monoisotopic (exact) mass is 425 g/mol. The predicted octanol–water partition coefficient (Wildman–Crippen LogP) is 4.48. The third kappa shape index (κ3) is 3.51. The van der Waals surface area contributed by atoms with Gasteiger partial charge in [0.05, 0.1) is 35.4 Å². The van der Waals surface area contributed by atoms with Crippen LogP contribution in [-0.4, -0.2) is 44.4 Å². The molecular weight excluding hydrogens is 402 g/mol. The van der Waals surface area contributed by atoms with Crippen molar-refractivity contribution in [2.45, 2.75) is 19.4 Å². The Bertz CT molecular complexity index is 1340. The molecule has 5 rings (SSSR count). The molecule has 2 aromatic carbocycles. The van der Waals surface area contributed by atoms with Crippen LogP contribution in [0.4, 0.5) is 0 Å². The number of nitrogens with one attached hydrogen (secondary N) is 1. The number of amides is 1. The van der Waals surface area contributed by atoms with Crippen molar-refractivity contribution in [2.75, 3.05) is 13.7 Å². The van der Waals surface area contributed by atoms with Crippen LogP contribution in [0.15, 0.2) is 67.1 Å².